The Labute approximate surface area is 214 Å². The Morgan fingerprint density at radius 3 is 2.38 bits per heavy atom. The first-order chi connectivity index (χ1) is 15.5. The van der Waals surface area contributed by atoms with Crippen molar-refractivity contribution in [1.82, 2.24) is 5.06 Å². The van der Waals surface area contributed by atoms with Gasteiger partial charge in [-0.3, -0.25) is 24.3 Å². The third-order valence-corrected chi connectivity index (χ3v) is 5.81. The first-order valence-corrected chi connectivity index (χ1v) is 10.8. The van der Waals surface area contributed by atoms with Crippen molar-refractivity contribution in [3.8, 4) is 0 Å². The number of amides is 2. The van der Waals surface area contributed by atoms with Crippen LogP contribution in [-0.4, -0.2) is 80.7 Å². The molecule has 1 saturated heterocycles. The summed E-state index contributed by atoms with van der Waals surface area (Å²) >= 11 is 0. The van der Waals surface area contributed by atoms with Crippen LogP contribution in [0.5, 0.6) is 0 Å². The first-order valence-electron chi connectivity index (χ1n) is 9.27. The van der Waals surface area contributed by atoms with Gasteiger partial charge in [0.1, 0.15) is 0 Å². The topological polar surface area (TPSA) is 193 Å². The molecular weight excluding hydrogens is 485 g/mol. The van der Waals surface area contributed by atoms with Crippen molar-refractivity contribution in [2.75, 3.05) is 5.32 Å². The molecule has 1 heterocycles. The molecule has 13 nitrogen and oxygen atoms in total. The predicted octanol–water partition coefficient (Wildman–Crippen LogP) is 0.138. The molecule has 2 amide bonds. The predicted molar refractivity (Wildman–Crippen MR) is 117 cm³/mol. The van der Waals surface area contributed by atoms with E-state index in [-0.39, 0.29) is 58.0 Å². The molecule has 0 bridgehead atoms. The molecule has 1 atom stereocenters. The Bertz CT molecular complexity index is 1230. The fourth-order valence-electron chi connectivity index (χ4n) is 3.03. The van der Waals surface area contributed by atoms with Crippen molar-refractivity contribution in [2.24, 2.45) is 0 Å². The van der Waals surface area contributed by atoms with E-state index in [4.69, 9.17) is 9.39 Å². The Hall–Kier alpha value is -2.88. The molecule has 1 aliphatic heterocycles. The van der Waals surface area contributed by atoms with E-state index in [1.54, 1.807) is 0 Å². The van der Waals surface area contributed by atoms with E-state index in [0.717, 1.165) is 0 Å². The van der Waals surface area contributed by atoms with Gasteiger partial charge in [0.05, 0.1) is 29.1 Å². The number of nitro groups is 1. The first kappa shape index (κ1) is 27.4. The normalized spacial score (nSPS) is 15.6. The van der Waals surface area contributed by atoms with Crippen LogP contribution in [0.15, 0.2) is 42.5 Å². The molecule has 0 aliphatic carbocycles. The number of hydrogen-bond acceptors (Lipinski definition) is 10. The maximum absolute atomic E-state index is 12.2. The molecule has 2 aromatic carbocycles. The van der Waals surface area contributed by atoms with E-state index < -0.39 is 51.1 Å². The molecule has 0 saturated carbocycles. The number of imide groups is 1. The van der Waals surface area contributed by atoms with E-state index in [1.807, 2.05) is 0 Å². The van der Waals surface area contributed by atoms with Crippen LogP contribution in [0.4, 0.5) is 11.4 Å². The fraction of sp³-hybridized carbons (Fsp3) is 0.211. The minimum atomic E-state index is -4.82. The van der Waals surface area contributed by atoms with Gasteiger partial charge in [0.25, 0.3) is 27.6 Å². The van der Waals surface area contributed by atoms with Gasteiger partial charge in [-0.25, -0.2) is 4.79 Å². The van der Waals surface area contributed by atoms with Gasteiger partial charge in [-0.2, -0.15) is 8.42 Å². The van der Waals surface area contributed by atoms with Crippen LogP contribution in [0.3, 0.4) is 0 Å². The third kappa shape index (κ3) is 6.16. The summed E-state index contributed by atoms with van der Waals surface area (Å²) in [6.07, 6.45) is -0.839. The molecule has 1 unspecified atom stereocenters. The van der Waals surface area contributed by atoms with E-state index in [0.29, 0.717) is 11.3 Å². The second-order valence-corrected chi connectivity index (χ2v) is 8.52. The van der Waals surface area contributed by atoms with Gasteiger partial charge < -0.3 is 15.3 Å². The summed E-state index contributed by atoms with van der Waals surface area (Å²) in [6.45, 7) is -0.240. The van der Waals surface area contributed by atoms with Crippen molar-refractivity contribution >= 4 is 68.8 Å². The molecular formula is C19H18N3NaO10S. The molecule has 15 heteroatoms. The SMILES string of the molecule is O=C(ON1C(=O)CC(S(=O)(=O)O)C1=O)c1ccc(NCc2ccc([N+](=O)[O-])c(CO)c2)cc1.[NaH]. The maximum atomic E-state index is 12.2. The van der Waals surface area contributed by atoms with E-state index >= 15 is 0 Å². The van der Waals surface area contributed by atoms with Crippen LogP contribution >= 0.6 is 0 Å². The average Bonchev–Trinajstić information content (AvgIpc) is 3.06. The van der Waals surface area contributed by atoms with Crippen molar-refractivity contribution in [1.29, 1.82) is 0 Å². The quantitative estimate of drug-likeness (QED) is 0.146. The number of aliphatic hydroxyl groups is 1. The molecule has 1 fully saturated rings. The number of carbonyl (C=O) groups is 3. The summed E-state index contributed by atoms with van der Waals surface area (Å²) in [5.41, 5.74) is 1.14. The van der Waals surface area contributed by atoms with Crippen molar-refractivity contribution in [3.05, 3.63) is 69.3 Å². The zero-order valence-corrected chi connectivity index (χ0v) is 17.5. The number of aliphatic hydroxyl groups excluding tert-OH is 1. The van der Waals surface area contributed by atoms with Gasteiger partial charge in [-0.15, -0.1) is 5.06 Å². The van der Waals surface area contributed by atoms with E-state index in [1.165, 1.54) is 42.5 Å². The van der Waals surface area contributed by atoms with Gasteiger partial charge in [0.15, 0.2) is 5.25 Å². The van der Waals surface area contributed by atoms with Gasteiger partial charge in [-0.05, 0) is 35.9 Å². The number of anilines is 1. The summed E-state index contributed by atoms with van der Waals surface area (Å²) in [5, 5.41) is 21.2. The molecule has 1 aliphatic rings. The van der Waals surface area contributed by atoms with Gasteiger partial charge >= 0.3 is 35.5 Å². The number of nitrogens with zero attached hydrogens (tertiary/aromatic N) is 2. The summed E-state index contributed by atoms with van der Waals surface area (Å²) in [6, 6.07) is 9.93. The standard InChI is InChI=1S/C19H17N3O10S.Na.H/c23-10-13-7-11(1-6-15(13)22(27)28)9-20-14-4-2-12(3-5-14)19(26)32-21-17(24)8-16(18(21)25)33(29,30)31;;/h1-7,16,20,23H,8-10H2,(H,29,30,31);;. The Balaban J connectivity index is 0.00000408. The number of hydroxylamine groups is 2. The van der Waals surface area contributed by atoms with Crippen LogP contribution in [0, 0.1) is 10.1 Å². The number of benzene rings is 2. The van der Waals surface area contributed by atoms with Crippen LogP contribution in [-0.2, 0) is 37.7 Å². The molecule has 176 valence electrons. The minimum absolute atomic E-state index is 0. The number of nitrogens with one attached hydrogen (secondary N) is 1. The number of hydrogen-bond donors (Lipinski definition) is 3. The van der Waals surface area contributed by atoms with Crippen LogP contribution in [0.2, 0.25) is 0 Å². The molecule has 0 spiro atoms. The molecule has 0 radical (unpaired) electrons. The molecule has 0 aromatic heterocycles. The summed E-state index contributed by atoms with van der Waals surface area (Å²) in [5.74, 6) is -3.54. The van der Waals surface area contributed by atoms with Gasteiger partial charge in [-0.1, -0.05) is 6.07 Å². The molecule has 3 rings (SSSR count). The van der Waals surface area contributed by atoms with Crippen molar-refractivity contribution < 1.29 is 42.2 Å². The summed E-state index contributed by atoms with van der Waals surface area (Å²) in [7, 11) is -4.82. The molecule has 3 N–H and O–H groups in total. The Kier molecular flexibility index (Phi) is 8.88. The van der Waals surface area contributed by atoms with Gasteiger partial charge in [0.2, 0.25) is 0 Å². The number of carbonyl (C=O) groups excluding carboxylic acids is 3. The molecule has 34 heavy (non-hydrogen) atoms. The number of rotatable bonds is 8. The average molecular weight is 503 g/mol. The van der Waals surface area contributed by atoms with E-state index in [2.05, 4.69) is 5.32 Å². The Morgan fingerprint density at radius 2 is 1.85 bits per heavy atom. The third-order valence-electron chi connectivity index (χ3n) is 4.72. The van der Waals surface area contributed by atoms with Crippen LogP contribution in [0.1, 0.15) is 27.9 Å². The van der Waals surface area contributed by atoms with Crippen LogP contribution < -0.4 is 5.32 Å². The summed E-state index contributed by atoms with van der Waals surface area (Å²) < 4.78 is 31.3. The second-order valence-electron chi connectivity index (χ2n) is 6.92. The zero-order chi connectivity index (χ0) is 24.3. The molecule has 2 aromatic rings. The monoisotopic (exact) mass is 503 g/mol. The fourth-order valence-corrected chi connectivity index (χ4v) is 3.73. The zero-order valence-electron chi connectivity index (χ0n) is 16.7. The van der Waals surface area contributed by atoms with Crippen molar-refractivity contribution in [3.63, 3.8) is 0 Å². The number of nitro benzene ring substituents is 1. The van der Waals surface area contributed by atoms with Crippen LogP contribution in [0.25, 0.3) is 0 Å². The summed E-state index contributed by atoms with van der Waals surface area (Å²) in [4.78, 5) is 51.0. The van der Waals surface area contributed by atoms with E-state index in [9.17, 15) is 38.0 Å². The second kappa shape index (κ2) is 11.0. The Morgan fingerprint density at radius 1 is 1.21 bits per heavy atom. The van der Waals surface area contributed by atoms with Gasteiger partial charge in [0, 0.05) is 18.3 Å². The van der Waals surface area contributed by atoms with Crippen molar-refractivity contribution in [2.45, 2.75) is 24.8 Å².